The van der Waals surface area contributed by atoms with Gasteiger partial charge in [0.15, 0.2) is 0 Å². The molecule has 0 saturated carbocycles. The van der Waals surface area contributed by atoms with E-state index in [0.717, 1.165) is 22.1 Å². The molecule has 3 aromatic rings. The molecule has 0 radical (unpaired) electrons. The summed E-state index contributed by atoms with van der Waals surface area (Å²) in [4.78, 5) is 52.1. The Hall–Kier alpha value is -4.27. The smallest absolute Gasteiger partial charge is 0.262 e. The molecular weight excluding hydrogens is 444 g/mol. The number of fused-ring (bicyclic) bond motifs is 1. The second kappa shape index (κ2) is 9.17. The number of piperazine rings is 1. The minimum Gasteiger partial charge on any atom is -0.353 e. The van der Waals surface area contributed by atoms with Crippen LogP contribution in [0.25, 0.3) is 0 Å². The topological polar surface area (TPSA) is 98.7 Å². The summed E-state index contributed by atoms with van der Waals surface area (Å²) in [7, 11) is 0. The maximum atomic E-state index is 12.9. The highest BCUT2D eigenvalue weighted by Crippen LogP contribution is 2.23. The van der Waals surface area contributed by atoms with Gasteiger partial charge in [0.25, 0.3) is 11.8 Å². The molecule has 2 aromatic carbocycles. The standard InChI is InChI=1S/C26H26N6O3/c1-17-7-9-19(10-8-17)28-26-27-18(2)15-22(29-26)30-11-13-31(14-12-30)23(33)16-32-24(34)20-5-3-4-6-21(20)25(32)35/h3-10,15H,11-14,16H2,1-2H3,(H,27,28,29). The van der Waals surface area contributed by atoms with Gasteiger partial charge in [-0.05, 0) is 38.1 Å². The van der Waals surface area contributed by atoms with Gasteiger partial charge in [-0.1, -0.05) is 29.8 Å². The van der Waals surface area contributed by atoms with Crippen LogP contribution in [0.3, 0.4) is 0 Å². The molecule has 5 rings (SSSR count). The molecule has 0 spiro atoms. The number of imide groups is 1. The summed E-state index contributed by atoms with van der Waals surface area (Å²) < 4.78 is 0. The normalized spacial score (nSPS) is 15.4. The monoisotopic (exact) mass is 470 g/mol. The Labute approximate surface area is 203 Å². The molecule has 9 nitrogen and oxygen atoms in total. The van der Waals surface area contributed by atoms with Gasteiger partial charge in [0.1, 0.15) is 12.4 Å². The van der Waals surface area contributed by atoms with Crippen LogP contribution < -0.4 is 10.2 Å². The van der Waals surface area contributed by atoms with Crippen molar-refractivity contribution in [2.24, 2.45) is 0 Å². The van der Waals surface area contributed by atoms with Gasteiger partial charge in [0, 0.05) is 43.6 Å². The summed E-state index contributed by atoms with van der Waals surface area (Å²) in [6.45, 7) is 5.85. The van der Waals surface area contributed by atoms with Crippen LogP contribution in [0.1, 0.15) is 32.0 Å². The highest BCUT2D eigenvalue weighted by molar-refractivity contribution is 6.22. The number of hydrogen-bond acceptors (Lipinski definition) is 7. The van der Waals surface area contributed by atoms with E-state index in [1.165, 1.54) is 5.56 Å². The molecule has 0 unspecified atom stereocenters. The van der Waals surface area contributed by atoms with Crippen molar-refractivity contribution in [3.63, 3.8) is 0 Å². The van der Waals surface area contributed by atoms with Crippen molar-refractivity contribution in [1.82, 2.24) is 19.8 Å². The number of aryl methyl sites for hydroxylation is 2. The molecular formula is C26H26N6O3. The van der Waals surface area contributed by atoms with Crippen LogP contribution in [0.2, 0.25) is 0 Å². The highest BCUT2D eigenvalue weighted by atomic mass is 16.2. The minimum atomic E-state index is -0.414. The Balaban J connectivity index is 1.21. The zero-order chi connectivity index (χ0) is 24.5. The largest absolute Gasteiger partial charge is 0.353 e. The summed E-state index contributed by atoms with van der Waals surface area (Å²) in [5.41, 5.74) is 3.63. The maximum absolute atomic E-state index is 12.9. The van der Waals surface area contributed by atoms with Gasteiger partial charge in [0.05, 0.1) is 11.1 Å². The lowest BCUT2D eigenvalue weighted by molar-refractivity contribution is -0.131. The van der Waals surface area contributed by atoms with Gasteiger partial charge in [-0.25, -0.2) is 4.98 Å². The molecule has 0 atom stereocenters. The Kier molecular flexibility index (Phi) is 5.90. The first-order valence-electron chi connectivity index (χ1n) is 11.6. The number of aromatic nitrogens is 2. The number of benzene rings is 2. The van der Waals surface area contributed by atoms with Gasteiger partial charge >= 0.3 is 0 Å². The van der Waals surface area contributed by atoms with Crippen molar-refractivity contribution < 1.29 is 14.4 Å². The molecule has 1 aromatic heterocycles. The second-order valence-corrected chi connectivity index (χ2v) is 8.79. The molecule has 2 aliphatic heterocycles. The first-order valence-corrected chi connectivity index (χ1v) is 11.6. The summed E-state index contributed by atoms with van der Waals surface area (Å²) in [6, 6.07) is 16.6. The van der Waals surface area contributed by atoms with Gasteiger partial charge in [0.2, 0.25) is 11.9 Å². The Morgan fingerprint density at radius 3 is 2.14 bits per heavy atom. The Morgan fingerprint density at radius 2 is 1.51 bits per heavy atom. The SMILES string of the molecule is Cc1ccc(Nc2nc(C)cc(N3CCN(C(=O)CN4C(=O)c5ccccc5C4=O)CC3)n2)cc1. The first kappa shape index (κ1) is 22.5. The lowest BCUT2D eigenvalue weighted by atomic mass is 10.1. The summed E-state index contributed by atoms with van der Waals surface area (Å²) in [6.07, 6.45) is 0. The van der Waals surface area contributed by atoms with Crippen molar-refractivity contribution in [3.8, 4) is 0 Å². The number of rotatable bonds is 5. The number of nitrogens with zero attached hydrogens (tertiary/aromatic N) is 5. The molecule has 9 heteroatoms. The van der Waals surface area contributed by atoms with Crippen LogP contribution >= 0.6 is 0 Å². The summed E-state index contributed by atoms with van der Waals surface area (Å²) in [5.74, 6) is 0.248. The predicted octanol–water partition coefficient (Wildman–Crippen LogP) is 2.78. The van der Waals surface area contributed by atoms with E-state index in [2.05, 4.69) is 20.2 Å². The van der Waals surface area contributed by atoms with E-state index >= 15 is 0 Å². The van der Waals surface area contributed by atoms with E-state index in [1.807, 2.05) is 44.2 Å². The third kappa shape index (κ3) is 4.57. The Morgan fingerprint density at radius 1 is 0.886 bits per heavy atom. The van der Waals surface area contributed by atoms with Gasteiger partial charge in [-0.15, -0.1) is 0 Å². The Bertz CT molecular complexity index is 1260. The van der Waals surface area contributed by atoms with Gasteiger partial charge < -0.3 is 15.1 Å². The van der Waals surface area contributed by atoms with Crippen LogP contribution in [-0.4, -0.2) is 70.2 Å². The molecule has 178 valence electrons. The molecule has 35 heavy (non-hydrogen) atoms. The number of nitrogens with one attached hydrogen (secondary N) is 1. The minimum absolute atomic E-state index is 0.236. The molecule has 0 bridgehead atoms. The van der Waals surface area contributed by atoms with Crippen LogP contribution in [0.15, 0.2) is 54.6 Å². The van der Waals surface area contributed by atoms with Crippen LogP contribution in [0.4, 0.5) is 17.5 Å². The third-order valence-corrected chi connectivity index (χ3v) is 6.28. The van der Waals surface area contributed by atoms with E-state index in [-0.39, 0.29) is 12.5 Å². The fourth-order valence-corrected chi connectivity index (χ4v) is 4.34. The molecule has 2 aliphatic rings. The molecule has 1 N–H and O–H groups in total. The fourth-order valence-electron chi connectivity index (χ4n) is 4.34. The average Bonchev–Trinajstić information content (AvgIpc) is 3.10. The van der Waals surface area contributed by atoms with Crippen molar-refractivity contribution in [1.29, 1.82) is 0 Å². The maximum Gasteiger partial charge on any atom is 0.262 e. The van der Waals surface area contributed by atoms with Gasteiger partial charge in [-0.3, -0.25) is 19.3 Å². The van der Waals surface area contributed by atoms with Crippen molar-refractivity contribution in [3.05, 3.63) is 77.0 Å². The lowest BCUT2D eigenvalue weighted by Crippen LogP contribution is -2.52. The molecule has 1 fully saturated rings. The zero-order valence-corrected chi connectivity index (χ0v) is 19.7. The predicted molar refractivity (Wildman–Crippen MR) is 132 cm³/mol. The lowest BCUT2D eigenvalue weighted by Gasteiger charge is -2.36. The van der Waals surface area contributed by atoms with Crippen LogP contribution in [-0.2, 0) is 4.79 Å². The summed E-state index contributed by atoms with van der Waals surface area (Å²) in [5, 5.41) is 3.25. The van der Waals surface area contributed by atoms with Crippen molar-refractivity contribution in [2.75, 3.05) is 42.9 Å². The van der Waals surface area contributed by atoms with E-state index < -0.39 is 11.8 Å². The number of carbonyl (C=O) groups is 3. The van der Waals surface area contributed by atoms with Crippen molar-refractivity contribution in [2.45, 2.75) is 13.8 Å². The van der Waals surface area contributed by atoms with E-state index in [9.17, 15) is 14.4 Å². The number of amides is 3. The fraction of sp³-hybridized carbons (Fsp3) is 0.269. The van der Waals surface area contributed by atoms with E-state index in [4.69, 9.17) is 0 Å². The van der Waals surface area contributed by atoms with Crippen LogP contribution in [0, 0.1) is 13.8 Å². The first-order chi connectivity index (χ1) is 16.9. The molecule has 3 heterocycles. The van der Waals surface area contributed by atoms with Crippen LogP contribution in [0.5, 0.6) is 0 Å². The average molecular weight is 471 g/mol. The molecule has 3 amide bonds. The molecule has 1 saturated heterocycles. The summed E-state index contributed by atoms with van der Waals surface area (Å²) >= 11 is 0. The molecule has 0 aliphatic carbocycles. The zero-order valence-electron chi connectivity index (χ0n) is 19.7. The quantitative estimate of drug-likeness (QED) is 0.573. The van der Waals surface area contributed by atoms with E-state index in [1.54, 1.807) is 29.2 Å². The second-order valence-electron chi connectivity index (χ2n) is 8.79. The third-order valence-electron chi connectivity index (χ3n) is 6.28. The van der Waals surface area contributed by atoms with E-state index in [0.29, 0.717) is 43.3 Å². The number of hydrogen-bond donors (Lipinski definition) is 1. The number of anilines is 3. The van der Waals surface area contributed by atoms with Crippen molar-refractivity contribution >= 4 is 35.2 Å². The van der Waals surface area contributed by atoms with Gasteiger partial charge in [-0.2, -0.15) is 4.98 Å². The number of carbonyl (C=O) groups excluding carboxylic acids is 3. The highest BCUT2D eigenvalue weighted by Gasteiger charge is 2.37.